The molecule has 0 bridgehead atoms. The van der Waals surface area contributed by atoms with Crippen LogP contribution in [-0.4, -0.2) is 20.3 Å². The van der Waals surface area contributed by atoms with Crippen LogP contribution in [-0.2, 0) is 0 Å². The molecular formula is C16H17BrO3. The van der Waals surface area contributed by atoms with E-state index in [2.05, 4.69) is 15.9 Å². The lowest BCUT2D eigenvalue weighted by Gasteiger charge is -2.11. The van der Waals surface area contributed by atoms with E-state index in [-0.39, 0.29) is 0 Å². The number of ether oxygens (including phenoxy) is 3. The smallest absolute Gasteiger partial charge is 0.161 e. The van der Waals surface area contributed by atoms with Crippen LogP contribution in [0.1, 0.15) is 6.42 Å². The van der Waals surface area contributed by atoms with Gasteiger partial charge in [0.1, 0.15) is 5.75 Å². The molecule has 0 saturated heterocycles. The van der Waals surface area contributed by atoms with Crippen LogP contribution in [0.2, 0.25) is 0 Å². The van der Waals surface area contributed by atoms with Crippen molar-refractivity contribution in [1.82, 2.24) is 0 Å². The second-order valence-corrected chi connectivity index (χ2v) is 4.99. The predicted octanol–water partition coefficient (Wildman–Crippen LogP) is 4.31. The lowest BCUT2D eigenvalue weighted by Crippen LogP contribution is -2.05. The van der Waals surface area contributed by atoms with Gasteiger partial charge in [0.25, 0.3) is 0 Å². The molecule has 0 aliphatic heterocycles. The summed E-state index contributed by atoms with van der Waals surface area (Å²) in [5.41, 5.74) is 0. The van der Waals surface area contributed by atoms with E-state index in [4.69, 9.17) is 14.2 Å². The summed E-state index contributed by atoms with van der Waals surface area (Å²) in [6, 6.07) is 15.4. The molecular weight excluding hydrogens is 320 g/mol. The Hall–Kier alpha value is -1.68. The van der Waals surface area contributed by atoms with Gasteiger partial charge in [-0.15, -0.1) is 0 Å². The third-order valence-electron chi connectivity index (χ3n) is 2.71. The standard InChI is InChI=1S/C16H17BrO3/c1-18-15-9-4-5-10-16(15)20-12-6-11-19-14-8-3-2-7-13(14)17/h2-5,7-10H,6,11-12H2,1H3. The number of benzene rings is 2. The minimum atomic E-state index is 0.588. The molecule has 0 aliphatic rings. The zero-order valence-electron chi connectivity index (χ0n) is 11.3. The third-order valence-corrected chi connectivity index (χ3v) is 3.36. The Morgan fingerprint density at radius 3 is 2.00 bits per heavy atom. The molecule has 0 amide bonds. The highest BCUT2D eigenvalue weighted by molar-refractivity contribution is 9.10. The molecule has 0 spiro atoms. The normalized spacial score (nSPS) is 10.1. The Balaban J connectivity index is 1.73. The van der Waals surface area contributed by atoms with Crippen molar-refractivity contribution in [3.8, 4) is 17.2 Å². The predicted molar refractivity (Wildman–Crippen MR) is 82.7 cm³/mol. The summed E-state index contributed by atoms with van der Waals surface area (Å²) in [5.74, 6) is 2.36. The molecule has 0 fully saturated rings. The molecule has 0 aromatic heterocycles. The lowest BCUT2D eigenvalue weighted by molar-refractivity contribution is 0.240. The molecule has 2 rings (SSSR count). The highest BCUT2D eigenvalue weighted by Gasteiger charge is 2.02. The van der Waals surface area contributed by atoms with E-state index in [1.807, 2.05) is 48.5 Å². The first-order valence-corrected chi connectivity index (χ1v) is 7.23. The number of methoxy groups -OCH3 is 1. The molecule has 4 heteroatoms. The first-order chi connectivity index (χ1) is 9.81. The molecule has 0 radical (unpaired) electrons. The van der Waals surface area contributed by atoms with E-state index in [9.17, 15) is 0 Å². The fourth-order valence-electron chi connectivity index (χ4n) is 1.72. The van der Waals surface area contributed by atoms with Crippen LogP contribution >= 0.6 is 15.9 Å². The molecule has 0 unspecified atom stereocenters. The maximum Gasteiger partial charge on any atom is 0.161 e. The molecule has 0 atom stereocenters. The van der Waals surface area contributed by atoms with Crippen molar-refractivity contribution < 1.29 is 14.2 Å². The topological polar surface area (TPSA) is 27.7 Å². The van der Waals surface area contributed by atoms with E-state index in [1.165, 1.54) is 0 Å². The molecule has 106 valence electrons. The molecule has 0 heterocycles. The maximum atomic E-state index is 5.68. The van der Waals surface area contributed by atoms with Gasteiger partial charge < -0.3 is 14.2 Å². The maximum absolute atomic E-state index is 5.68. The van der Waals surface area contributed by atoms with Crippen molar-refractivity contribution in [2.45, 2.75) is 6.42 Å². The van der Waals surface area contributed by atoms with Crippen molar-refractivity contribution in [1.29, 1.82) is 0 Å². The number of hydrogen-bond acceptors (Lipinski definition) is 3. The SMILES string of the molecule is COc1ccccc1OCCCOc1ccccc1Br. The minimum absolute atomic E-state index is 0.588. The van der Waals surface area contributed by atoms with Gasteiger partial charge in [-0.1, -0.05) is 24.3 Å². The Labute approximate surface area is 127 Å². The van der Waals surface area contributed by atoms with Crippen molar-refractivity contribution >= 4 is 15.9 Å². The Morgan fingerprint density at radius 2 is 1.35 bits per heavy atom. The van der Waals surface area contributed by atoms with Gasteiger partial charge in [-0.3, -0.25) is 0 Å². The summed E-state index contributed by atoms with van der Waals surface area (Å²) in [6.45, 7) is 1.20. The van der Waals surface area contributed by atoms with Gasteiger partial charge in [-0.25, -0.2) is 0 Å². The average molecular weight is 337 g/mol. The van der Waals surface area contributed by atoms with Crippen LogP contribution in [0.25, 0.3) is 0 Å². The largest absolute Gasteiger partial charge is 0.493 e. The molecule has 0 saturated carbocycles. The summed E-state index contributed by atoms with van der Waals surface area (Å²) in [7, 11) is 1.64. The minimum Gasteiger partial charge on any atom is -0.493 e. The zero-order chi connectivity index (χ0) is 14.2. The molecule has 0 N–H and O–H groups in total. The van der Waals surface area contributed by atoms with Gasteiger partial charge in [0, 0.05) is 6.42 Å². The number of rotatable bonds is 7. The van der Waals surface area contributed by atoms with Crippen molar-refractivity contribution in [3.05, 3.63) is 53.0 Å². The Morgan fingerprint density at radius 1 is 0.800 bits per heavy atom. The van der Waals surface area contributed by atoms with E-state index in [1.54, 1.807) is 7.11 Å². The van der Waals surface area contributed by atoms with Crippen LogP contribution in [0.15, 0.2) is 53.0 Å². The fourth-order valence-corrected chi connectivity index (χ4v) is 2.12. The summed E-state index contributed by atoms with van der Waals surface area (Å²) >= 11 is 3.45. The van der Waals surface area contributed by atoms with Gasteiger partial charge in [0.2, 0.25) is 0 Å². The molecule has 2 aromatic carbocycles. The lowest BCUT2D eigenvalue weighted by atomic mass is 10.3. The number of halogens is 1. The van der Waals surface area contributed by atoms with Crippen LogP contribution < -0.4 is 14.2 Å². The second-order valence-electron chi connectivity index (χ2n) is 4.13. The van der Waals surface area contributed by atoms with Crippen molar-refractivity contribution in [3.63, 3.8) is 0 Å². The van der Waals surface area contributed by atoms with E-state index in [0.29, 0.717) is 13.2 Å². The average Bonchev–Trinajstić information content (AvgIpc) is 2.49. The molecule has 0 aliphatic carbocycles. The summed E-state index contributed by atoms with van der Waals surface area (Å²) < 4.78 is 17.5. The summed E-state index contributed by atoms with van der Waals surface area (Å²) in [6.07, 6.45) is 0.805. The summed E-state index contributed by atoms with van der Waals surface area (Å²) in [5, 5.41) is 0. The highest BCUT2D eigenvalue weighted by atomic mass is 79.9. The molecule has 20 heavy (non-hydrogen) atoms. The van der Waals surface area contributed by atoms with Crippen LogP contribution in [0.5, 0.6) is 17.2 Å². The van der Waals surface area contributed by atoms with Gasteiger partial charge >= 0.3 is 0 Å². The quantitative estimate of drug-likeness (QED) is 0.705. The van der Waals surface area contributed by atoms with E-state index < -0.39 is 0 Å². The number of hydrogen-bond donors (Lipinski definition) is 0. The number of para-hydroxylation sites is 3. The fraction of sp³-hybridized carbons (Fsp3) is 0.250. The Kier molecular flexibility index (Phi) is 5.74. The monoisotopic (exact) mass is 336 g/mol. The molecule has 2 aromatic rings. The van der Waals surface area contributed by atoms with Crippen LogP contribution in [0.4, 0.5) is 0 Å². The first-order valence-electron chi connectivity index (χ1n) is 6.44. The first kappa shape index (κ1) is 14.7. The van der Waals surface area contributed by atoms with Gasteiger partial charge in [0.05, 0.1) is 24.8 Å². The second kappa shape index (κ2) is 7.80. The van der Waals surface area contributed by atoms with Crippen molar-refractivity contribution in [2.24, 2.45) is 0 Å². The molecule has 3 nitrogen and oxygen atoms in total. The summed E-state index contributed by atoms with van der Waals surface area (Å²) in [4.78, 5) is 0. The van der Waals surface area contributed by atoms with E-state index >= 15 is 0 Å². The third kappa shape index (κ3) is 4.17. The highest BCUT2D eigenvalue weighted by Crippen LogP contribution is 2.26. The Bertz CT molecular complexity index is 543. The van der Waals surface area contributed by atoms with Crippen molar-refractivity contribution in [2.75, 3.05) is 20.3 Å². The van der Waals surface area contributed by atoms with Gasteiger partial charge in [-0.2, -0.15) is 0 Å². The van der Waals surface area contributed by atoms with Crippen LogP contribution in [0, 0.1) is 0 Å². The zero-order valence-corrected chi connectivity index (χ0v) is 12.9. The van der Waals surface area contributed by atoms with Gasteiger partial charge in [0.15, 0.2) is 11.5 Å². The van der Waals surface area contributed by atoms with E-state index in [0.717, 1.165) is 28.1 Å². The van der Waals surface area contributed by atoms with Crippen LogP contribution in [0.3, 0.4) is 0 Å². The van der Waals surface area contributed by atoms with Gasteiger partial charge in [-0.05, 0) is 40.2 Å².